The molecule has 0 aliphatic heterocycles. The summed E-state index contributed by atoms with van der Waals surface area (Å²) in [6.45, 7) is 2.49. The highest BCUT2D eigenvalue weighted by Crippen LogP contribution is 2.26. The number of sulfone groups is 1. The van der Waals surface area contributed by atoms with Crippen LogP contribution in [0.5, 0.6) is 0 Å². The number of aromatic carboxylic acids is 1. The Bertz CT molecular complexity index is 1670. The first kappa shape index (κ1) is 31.4. The topological polar surface area (TPSA) is 121 Å². The van der Waals surface area contributed by atoms with E-state index in [0.29, 0.717) is 34.6 Å². The number of aromatic nitrogens is 1. The molecule has 0 amide bonds. The number of rotatable bonds is 12. The van der Waals surface area contributed by atoms with Gasteiger partial charge in [0.2, 0.25) is 0 Å². The minimum atomic E-state index is -5.35. The predicted octanol–water partition coefficient (Wildman–Crippen LogP) is 5.60. The molecule has 0 bridgehead atoms. The summed E-state index contributed by atoms with van der Waals surface area (Å²) in [5, 5.41) is 27.1. The van der Waals surface area contributed by atoms with E-state index in [1.807, 2.05) is 25.1 Å². The fourth-order valence-electron chi connectivity index (χ4n) is 4.54. The molecule has 0 saturated heterocycles. The molecule has 4 rings (SSSR count). The van der Waals surface area contributed by atoms with Crippen molar-refractivity contribution in [1.82, 2.24) is 9.88 Å². The molecule has 224 valence electrons. The van der Waals surface area contributed by atoms with E-state index in [2.05, 4.69) is 10.6 Å². The molecule has 0 aliphatic carbocycles. The van der Waals surface area contributed by atoms with Crippen molar-refractivity contribution in [2.24, 2.45) is 0 Å². The van der Waals surface area contributed by atoms with Gasteiger partial charge in [-0.05, 0) is 72.5 Å². The van der Waals surface area contributed by atoms with Gasteiger partial charge in [0.25, 0.3) is 9.84 Å². The smallest absolute Gasteiger partial charge is 0.477 e. The van der Waals surface area contributed by atoms with E-state index in [9.17, 15) is 36.6 Å². The largest absolute Gasteiger partial charge is 0.499 e. The van der Waals surface area contributed by atoms with Crippen LogP contribution < -0.4 is 10.6 Å². The van der Waals surface area contributed by atoms with E-state index in [0.717, 1.165) is 10.9 Å². The van der Waals surface area contributed by atoms with Crippen LogP contribution in [0.15, 0.2) is 72.8 Å². The third-order valence-corrected chi connectivity index (χ3v) is 8.20. The van der Waals surface area contributed by atoms with E-state index in [-0.39, 0.29) is 24.0 Å². The van der Waals surface area contributed by atoms with E-state index < -0.39 is 33.3 Å². The van der Waals surface area contributed by atoms with E-state index in [1.165, 1.54) is 12.1 Å². The lowest BCUT2D eigenvalue weighted by molar-refractivity contribution is -0.0433. The number of carboxylic acids is 1. The number of hydrogen-bond acceptors (Lipinski definition) is 6. The van der Waals surface area contributed by atoms with Crippen molar-refractivity contribution in [3.05, 3.63) is 100 Å². The van der Waals surface area contributed by atoms with Crippen LogP contribution in [0, 0.1) is 0 Å². The lowest BCUT2D eigenvalue weighted by Crippen LogP contribution is -2.32. The minimum Gasteiger partial charge on any atom is -0.477 e. The zero-order valence-electron chi connectivity index (χ0n) is 22.4. The molecule has 42 heavy (non-hydrogen) atoms. The summed E-state index contributed by atoms with van der Waals surface area (Å²) in [5.41, 5.74) is -2.07. The highest BCUT2D eigenvalue weighted by molar-refractivity contribution is 7.92. The van der Waals surface area contributed by atoms with Gasteiger partial charge in [-0.15, -0.1) is 0 Å². The molecule has 2 atom stereocenters. The predicted molar refractivity (Wildman–Crippen MR) is 155 cm³/mol. The first-order chi connectivity index (χ1) is 19.7. The normalized spacial score (nSPS) is 13.7. The Morgan fingerprint density at radius 2 is 1.71 bits per heavy atom. The van der Waals surface area contributed by atoms with Gasteiger partial charge in [0, 0.05) is 40.7 Å². The van der Waals surface area contributed by atoms with Gasteiger partial charge in [-0.25, -0.2) is 13.2 Å². The van der Waals surface area contributed by atoms with Gasteiger partial charge in [-0.1, -0.05) is 41.9 Å². The number of anilines is 1. The molecular weight excluding hydrogens is 595 g/mol. The summed E-state index contributed by atoms with van der Waals surface area (Å²) in [6.07, 6.45) is -0.0943. The zero-order valence-corrected chi connectivity index (χ0v) is 24.0. The number of benzene rings is 3. The van der Waals surface area contributed by atoms with E-state index in [4.69, 9.17) is 11.6 Å². The summed E-state index contributed by atoms with van der Waals surface area (Å²) in [6, 6.07) is 20.3. The molecule has 4 N–H and O–H groups in total. The van der Waals surface area contributed by atoms with Gasteiger partial charge in [-0.3, -0.25) is 0 Å². The van der Waals surface area contributed by atoms with Crippen molar-refractivity contribution in [2.75, 3.05) is 17.7 Å². The van der Waals surface area contributed by atoms with Crippen LogP contribution in [0.2, 0.25) is 5.02 Å². The third-order valence-electron chi connectivity index (χ3n) is 6.73. The van der Waals surface area contributed by atoms with E-state index >= 15 is 0 Å². The Hall–Kier alpha value is -3.58. The number of aliphatic hydroxyl groups is 1. The zero-order chi connectivity index (χ0) is 30.7. The number of fused-ring (bicyclic) bond motifs is 1. The first-order valence-corrected chi connectivity index (χ1v) is 14.9. The Morgan fingerprint density at radius 3 is 2.36 bits per heavy atom. The van der Waals surface area contributed by atoms with Crippen LogP contribution in [0.4, 0.5) is 18.9 Å². The summed E-state index contributed by atoms with van der Waals surface area (Å²) in [5.74, 6) is -2.41. The molecule has 3 aromatic carbocycles. The van der Waals surface area contributed by atoms with Crippen molar-refractivity contribution >= 4 is 44.0 Å². The number of halogens is 4. The fourth-order valence-corrected chi connectivity index (χ4v) is 5.25. The summed E-state index contributed by atoms with van der Waals surface area (Å²) in [7, 11) is -5.32. The maximum Gasteiger partial charge on any atom is 0.499 e. The molecule has 0 saturated carbocycles. The molecular formula is C29H29ClF3N3O5S. The summed E-state index contributed by atoms with van der Waals surface area (Å²) >= 11 is 6.01. The number of nitrogens with one attached hydrogen (secondary N) is 2. The van der Waals surface area contributed by atoms with Crippen LogP contribution in [0.25, 0.3) is 10.9 Å². The number of carbonyl (C=O) groups is 1. The molecule has 13 heteroatoms. The highest BCUT2D eigenvalue weighted by atomic mass is 35.5. The van der Waals surface area contributed by atoms with Gasteiger partial charge in [-0.2, -0.15) is 13.2 Å². The monoisotopic (exact) mass is 623 g/mol. The van der Waals surface area contributed by atoms with Crippen molar-refractivity contribution in [3.8, 4) is 0 Å². The van der Waals surface area contributed by atoms with Crippen molar-refractivity contribution in [1.29, 1.82) is 0 Å². The second-order valence-electron chi connectivity index (χ2n) is 9.98. The molecule has 8 nitrogen and oxygen atoms in total. The molecule has 0 radical (unpaired) electrons. The summed E-state index contributed by atoms with van der Waals surface area (Å²) < 4.78 is 61.9. The Labute approximate surface area is 245 Å². The molecule has 0 aliphatic rings. The number of hydrogen-bond donors (Lipinski definition) is 4. The number of alkyl halides is 3. The lowest BCUT2D eigenvalue weighted by Gasteiger charge is -2.18. The number of carboxylic acid groups (broad SMARTS) is 1. The van der Waals surface area contributed by atoms with Gasteiger partial charge in [0.1, 0.15) is 11.6 Å². The lowest BCUT2D eigenvalue weighted by atomic mass is 10.0. The fraction of sp³-hybridized carbons (Fsp3) is 0.276. The molecule has 1 heterocycles. The second kappa shape index (κ2) is 12.7. The molecule has 0 spiro atoms. The number of nitrogens with zero attached hydrogens (tertiary/aromatic N) is 1. The quantitative estimate of drug-likeness (QED) is 0.162. The third kappa shape index (κ3) is 7.62. The van der Waals surface area contributed by atoms with E-state index in [1.54, 1.807) is 47.0 Å². The maximum absolute atomic E-state index is 12.6. The Kier molecular flexibility index (Phi) is 9.51. The standard InChI is InChI=1S/C29H29ClF3N3O5S/c1-18(34-15-27(37)21-3-2-4-23(30)13-21)11-20-7-10-25-22(12-20)14-26(28(38)39)36(25)16-19-5-8-24(9-6-19)35-17-42(40,41)29(31,32)33/h2-10,12-14,18,27,34-35,37H,11,15-17H2,1H3,(H,38,39). The first-order valence-electron chi connectivity index (χ1n) is 12.9. The van der Waals surface area contributed by atoms with Crippen molar-refractivity contribution < 1.29 is 36.6 Å². The molecule has 1 aromatic heterocycles. The molecule has 0 fully saturated rings. The summed E-state index contributed by atoms with van der Waals surface area (Å²) in [4.78, 5) is 12.0. The minimum absolute atomic E-state index is 0.00978. The maximum atomic E-state index is 12.6. The van der Waals surface area contributed by atoms with Crippen LogP contribution in [0.3, 0.4) is 0 Å². The van der Waals surface area contributed by atoms with Crippen LogP contribution >= 0.6 is 11.6 Å². The SMILES string of the molecule is CC(Cc1ccc2c(c1)cc(C(=O)O)n2Cc1ccc(NCS(=O)(=O)C(F)(F)F)cc1)NCC(O)c1cccc(Cl)c1. The second-order valence-corrected chi connectivity index (χ2v) is 12.4. The van der Waals surface area contributed by atoms with Crippen LogP contribution in [-0.4, -0.2) is 53.1 Å². The Balaban J connectivity index is 1.43. The van der Waals surface area contributed by atoms with Crippen LogP contribution in [0.1, 0.15) is 40.2 Å². The number of aliphatic hydroxyl groups excluding tert-OH is 1. The van der Waals surface area contributed by atoms with Crippen molar-refractivity contribution in [3.63, 3.8) is 0 Å². The average molecular weight is 624 g/mol. The molecule has 4 aromatic rings. The van der Waals surface area contributed by atoms with Gasteiger partial charge < -0.3 is 25.4 Å². The molecule has 2 unspecified atom stereocenters. The van der Waals surface area contributed by atoms with Crippen LogP contribution in [-0.2, 0) is 22.8 Å². The van der Waals surface area contributed by atoms with Gasteiger partial charge >= 0.3 is 11.5 Å². The van der Waals surface area contributed by atoms with Gasteiger partial charge in [0.05, 0.1) is 6.10 Å². The van der Waals surface area contributed by atoms with Gasteiger partial charge in [0.15, 0.2) is 0 Å². The average Bonchev–Trinajstić information content (AvgIpc) is 3.28. The highest BCUT2D eigenvalue weighted by Gasteiger charge is 2.45. The van der Waals surface area contributed by atoms with Crippen molar-refractivity contribution in [2.45, 2.75) is 37.5 Å². The Morgan fingerprint density at radius 1 is 1.02 bits per heavy atom.